The molecule has 0 radical (unpaired) electrons. The third kappa shape index (κ3) is 6.62. The van der Waals surface area contributed by atoms with E-state index in [1.807, 2.05) is 34.6 Å². The number of hydrogen-bond donors (Lipinski definition) is 3. The van der Waals surface area contributed by atoms with Gasteiger partial charge < -0.3 is 20.6 Å². The molecule has 1 fully saturated rings. The standard InChI is InChI=1S/C21H37N3O4/c1-13(2)16(12-14(3)20(27)28)24(7)19(26)17(21(4,5)6)23-18(25)15-10-8-9-11-22-15/h12-13,15-17,22H,8-11H2,1-7H3,(H,23,25)(H,27,28)/t15?,16-,17-/m1/s1. The Morgan fingerprint density at radius 1 is 1.21 bits per heavy atom. The Morgan fingerprint density at radius 3 is 2.25 bits per heavy atom. The van der Waals surface area contributed by atoms with Crippen LogP contribution in [0.25, 0.3) is 0 Å². The first kappa shape index (κ1) is 24.1. The lowest BCUT2D eigenvalue weighted by Crippen LogP contribution is -2.59. The zero-order chi connectivity index (χ0) is 21.6. The van der Waals surface area contributed by atoms with E-state index in [4.69, 9.17) is 0 Å². The van der Waals surface area contributed by atoms with Gasteiger partial charge >= 0.3 is 5.97 Å². The number of aliphatic carboxylic acids is 1. The maximum atomic E-state index is 13.3. The fourth-order valence-electron chi connectivity index (χ4n) is 3.40. The smallest absolute Gasteiger partial charge is 0.331 e. The van der Waals surface area contributed by atoms with Crippen LogP contribution in [0.2, 0.25) is 0 Å². The van der Waals surface area contributed by atoms with Crippen molar-refractivity contribution in [1.29, 1.82) is 0 Å². The van der Waals surface area contributed by atoms with E-state index in [1.54, 1.807) is 18.0 Å². The summed E-state index contributed by atoms with van der Waals surface area (Å²) in [5.74, 6) is -1.35. The Balaban J connectivity index is 3.05. The van der Waals surface area contributed by atoms with E-state index < -0.39 is 17.4 Å². The van der Waals surface area contributed by atoms with Gasteiger partial charge in [0.25, 0.3) is 0 Å². The van der Waals surface area contributed by atoms with Crippen molar-refractivity contribution in [1.82, 2.24) is 15.5 Å². The number of carboxylic acid groups (broad SMARTS) is 1. The van der Waals surface area contributed by atoms with E-state index in [0.29, 0.717) is 0 Å². The number of nitrogens with zero attached hydrogens (tertiary/aromatic N) is 1. The number of nitrogens with one attached hydrogen (secondary N) is 2. The van der Waals surface area contributed by atoms with E-state index in [2.05, 4.69) is 10.6 Å². The zero-order valence-corrected chi connectivity index (χ0v) is 18.3. The molecule has 0 saturated carbocycles. The molecule has 1 saturated heterocycles. The van der Waals surface area contributed by atoms with Gasteiger partial charge in [0.05, 0.1) is 12.1 Å². The van der Waals surface area contributed by atoms with E-state index in [-0.39, 0.29) is 35.4 Å². The molecule has 0 bridgehead atoms. The molecule has 3 N–H and O–H groups in total. The lowest BCUT2D eigenvalue weighted by atomic mass is 9.84. The van der Waals surface area contributed by atoms with Crippen LogP contribution in [0, 0.1) is 11.3 Å². The number of piperidine rings is 1. The van der Waals surface area contributed by atoms with Gasteiger partial charge in [-0.05, 0) is 37.6 Å². The highest BCUT2D eigenvalue weighted by Crippen LogP contribution is 2.24. The highest BCUT2D eigenvalue weighted by molar-refractivity contribution is 5.91. The molecule has 0 aliphatic carbocycles. The van der Waals surface area contributed by atoms with Crippen LogP contribution in [-0.2, 0) is 14.4 Å². The summed E-state index contributed by atoms with van der Waals surface area (Å²) < 4.78 is 0. The summed E-state index contributed by atoms with van der Waals surface area (Å²) >= 11 is 0. The van der Waals surface area contributed by atoms with Crippen molar-refractivity contribution in [3.8, 4) is 0 Å². The summed E-state index contributed by atoms with van der Waals surface area (Å²) in [6.07, 6.45) is 4.42. The van der Waals surface area contributed by atoms with Gasteiger partial charge in [-0.1, -0.05) is 47.1 Å². The van der Waals surface area contributed by atoms with Gasteiger partial charge in [0.2, 0.25) is 11.8 Å². The van der Waals surface area contributed by atoms with Gasteiger partial charge in [0.15, 0.2) is 0 Å². The normalized spacial score (nSPS) is 20.4. The molecule has 160 valence electrons. The molecule has 28 heavy (non-hydrogen) atoms. The Kier molecular flexibility index (Phi) is 8.67. The van der Waals surface area contributed by atoms with Crippen LogP contribution < -0.4 is 10.6 Å². The number of carbonyl (C=O) groups is 3. The minimum atomic E-state index is -1.00. The van der Waals surface area contributed by atoms with Crippen LogP contribution in [0.15, 0.2) is 11.6 Å². The molecule has 2 amide bonds. The third-order valence-corrected chi connectivity index (χ3v) is 5.26. The van der Waals surface area contributed by atoms with Gasteiger partial charge in [0, 0.05) is 12.6 Å². The second-order valence-corrected chi connectivity index (χ2v) is 9.15. The predicted octanol–water partition coefficient (Wildman–Crippen LogP) is 2.17. The topological polar surface area (TPSA) is 98.7 Å². The van der Waals surface area contributed by atoms with Gasteiger partial charge in [-0.3, -0.25) is 9.59 Å². The second-order valence-electron chi connectivity index (χ2n) is 9.15. The molecule has 1 aliphatic heterocycles. The number of likely N-dealkylation sites (N-methyl/N-ethyl adjacent to an activating group) is 1. The quantitative estimate of drug-likeness (QED) is 0.574. The maximum Gasteiger partial charge on any atom is 0.331 e. The molecule has 1 heterocycles. The molecule has 1 rings (SSSR count). The monoisotopic (exact) mass is 395 g/mol. The average Bonchev–Trinajstić information content (AvgIpc) is 2.61. The largest absolute Gasteiger partial charge is 0.478 e. The Hall–Kier alpha value is -1.89. The van der Waals surface area contributed by atoms with E-state index >= 15 is 0 Å². The van der Waals surface area contributed by atoms with E-state index in [0.717, 1.165) is 25.8 Å². The SMILES string of the molecule is CC(=C[C@H](C(C)C)N(C)C(=O)[C@@H](NC(=O)C1CCCCN1)C(C)(C)C)C(=O)O. The van der Waals surface area contributed by atoms with Crippen LogP contribution in [0.1, 0.15) is 60.8 Å². The van der Waals surface area contributed by atoms with Crippen molar-refractivity contribution in [3.05, 3.63) is 11.6 Å². The summed E-state index contributed by atoms with van der Waals surface area (Å²) in [4.78, 5) is 38.8. The minimum Gasteiger partial charge on any atom is -0.478 e. The third-order valence-electron chi connectivity index (χ3n) is 5.26. The second kappa shape index (κ2) is 10.0. The molecule has 1 aliphatic rings. The van der Waals surface area contributed by atoms with Crippen molar-refractivity contribution in [2.24, 2.45) is 11.3 Å². The van der Waals surface area contributed by atoms with Crippen molar-refractivity contribution in [3.63, 3.8) is 0 Å². The summed E-state index contributed by atoms with van der Waals surface area (Å²) in [5.41, 5.74) is -0.288. The lowest BCUT2D eigenvalue weighted by Gasteiger charge is -2.38. The Bertz CT molecular complexity index is 601. The van der Waals surface area contributed by atoms with Crippen molar-refractivity contribution in [2.45, 2.75) is 78.9 Å². The first-order chi connectivity index (χ1) is 12.9. The van der Waals surface area contributed by atoms with Crippen molar-refractivity contribution in [2.75, 3.05) is 13.6 Å². The summed E-state index contributed by atoms with van der Waals surface area (Å²) in [7, 11) is 1.67. The van der Waals surface area contributed by atoms with Gasteiger partial charge in [-0.25, -0.2) is 4.79 Å². The number of carboxylic acids is 1. The van der Waals surface area contributed by atoms with Gasteiger partial charge in [0.1, 0.15) is 6.04 Å². The van der Waals surface area contributed by atoms with E-state index in [1.165, 1.54) is 6.92 Å². The van der Waals surface area contributed by atoms with Crippen LogP contribution in [0.3, 0.4) is 0 Å². The lowest BCUT2D eigenvalue weighted by molar-refractivity contribution is -0.140. The van der Waals surface area contributed by atoms with Gasteiger partial charge in [-0.2, -0.15) is 0 Å². The average molecular weight is 396 g/mol. The maximum absolute atomic E-state index is 13.3. The molecule has 0 aromatic carbocycles. The molecule has 3 atom stereocenters. The highest BCUT2D eigenvalue weighted by Gasteiger charge is 2.38. The number of carbonyl (C=O) groups excluding carboxylic acids is 2. The molecule has 1 unspecified atom stereocenters. The number of rotatable bonds is 7. The summed E-state index contributed by atoms with van der Waals surface area (Å²) in [6, 6.07) is -1.35. The van der Waals surface area contributed by atoms with Crippen LogP contribution in [0.5, 0.6) is 0 Å². The summed E-state index contributed by atoms with van der Waals surface area (Å²) in [5, 5.41) is 15.4. The number of amides is 2. The van der Waals surface area contributed by atoms with Crippen LogP contribution >= 0.6 is 0 Å². The van der Waals surface area contributed by atoms with Gasteiger partial charge in [-0.15, -0.1) is 0 Å². The fourth-order valence-corrected chi connectivity index (χ4v) is 3.40. The molecule has 7 nitrogen and oxygen atoms in total. The Labute approximate surface area is 168 Å². The predicted molar refractivity (Wildman–Crippen MR) is 110 cm³/mol. The minimum absolute atomic E-state index is 0.0274. The Morgan fingerprint density at radius 2 is 1.82 bits per heavy atom. The molecular weight excluding hydrogens is 358 g/mol. The molecular formula is C21H37N3O4. The molecule has 0 spiro atoms. The van der Waals surface area contributed by atoms with Crippen LogP contribution in [0.4, 0.5) is 0 Å². The van der Waals surface area contributed by atoms with Crippen molar-refractivity contribution >= 4 is 17.8 Å². The molecule has 7 heteroatoms. The first-order valence-corrected chi connectivity index (χ1v) is 10.1. The number of hydrogen-bond acceptors (Lipinski definition) is 4. The molecule has 0 aromatic heterocycles. The molecule has 0 aromatic rings. The van der Waals surface area contributed by atoms with E-state index in [9.17, 15) is 19.5 Å². The van der Waals surface area contributed by atoms with Crippen LogP contribution in [-0.4, -0.2) is 59.5 Å². The first-order valence-electron chi connectivity index (χ1n) is 10.1. The fraction of sp³-hybridized carbons (Fsp3) is 0.762. The van der Waals surface area contributed by atoms with Crippen molar-refractivity contribution < 1.29 is 19.5 Å². The summed E-state index contributed by atoms with van der Waals surface area (Å²) in [6.45, 7) is 12.0. The highest BCUT2D eigenvalue weighted by atomic mass is 16.4. The zero-order valence-electron chi connectivity index (χ0n) is 18.3.